The van der Waals surface area contributed by atoms with Crippen molar-refractivity contribution < 1.29 is 32.7 Å². The number of methoxy groups -OCH3 is 1. The lowest BCUT2D eigenvalue weighted by Gasteiger charge is -2.40. The molecule has 0 aliphatic heterocycles. The number of unbranched alkanes of at least 4 members (excludes halogenated alkanes) is 2. The monoisotopic (exact) mass is 598 g/mol. The minimum atomic E-state index is -2.10. The van der Waals surface area contributed by atoms with Crippen LogP contribution in [0.15, 0.2) is 12.2 Å². The number of carbonyl (C=O) groups is 3. The number of ketones is 1. The fourth-order valence-electron chi connectivity index (χ4n) is 4.59. The summed E-state index contributed by atoms with van der Waals surface area (Å²) in [4.78, 5) is 35.7. The number of rotatable bonds is 15. The van der Waals surface area contributed by atoms with E-state index in [4.69, 9.17) is 13.6 Å². The summed E-state index contributed by atoms with van der Waals surface area (Å²) in [5.74, 6) is -0.357. The van der Waals surface area contributed by atoms with E-state index < -0.39 is 16.6 Å². The van der Waals surface area contributed by atoms with Gasteiger partial charge in [0.1, 0.15) is 0 Å². The molecule has 0 bridgehead atoms. The summed E-state index contributed by atoms with van der Waals surface area (Å²) in [6.45, 7) is 24.3. The molecule has 0 aromatic heterocycles. The molecule has 1 saturated carbocycles. The van der Waals surface area contributed by atoms with Crippen LogP contribution >= 0.6 is 0 Å². The molecule has 232 valence electrons. The van der Waals surface area contributed by atoms with Crippen molar-refractivity contribution in [3.05, 3.63) is 12.2 Å². The van der Waals surface area contributed by atoms with Gasteiger partial charge in [0.15, 0.2) is 22.4 Å². The van der Waals surface area contributed by atoms with Gasteiger partial charge in [0.05, 0.1) is 25.9 Å². The summed E-state index contributed by atoms with van der Waals surface area (Å²) < 4.78 is 24.1. The zero-order valence-electron chi connectivity index (χ0n) is 27.5. The molecule has 7 nitrogen and oxygen atoms in total. The van der Waals surface area contributed by atoms with Crippen LogP contribution in [0.5, 0.6) is 0 Å². The first kappa shape index (κ1) is 36.7. The van der Waals surface area contributed by atoms with Crippen molar-refractivity contribution in [1.82, 2.24) is 0 Å². The highest BCUT2D eigenvalue weighted by atomic mass is 28.4. The van der Waals surface area contributed by atoms with Crippen LogP contribution in [-0.4, -0.2) is 60.3 Å². The molecule has 0 radical (unpaired) electrons. The number of carbonyl (C=O) groups excluding carboxylic acids is 3. The quantitative estimate of drug-likeness (QED) is 0.0830. The normalized spacial score (nSPS) is 22.5. The molecule has 0 amide bonds. The van der Waals surface area contributed by atoms with Gasteiger partial charge in [-0.05, 0) is 73.9 Å². The van der Waals surface area contributed by atoms with Gasteiger partial charge in [-0.1, -0.05) is 54.0 Å². The average Bonchev–Trinajstić information content (AvgIpc) is 3.09. The van der Waals surface area contributed by atoms with E-state index in [1.54, 1.807) is 6.08 Å². The Kier molecular flexibility index (Phi) is 14.0. The van der Waals surface area contributed by atoms with Crippen molar-refractivity contribution in [2.45, 2.75) is 142 Å². The minimum Gasteiger partial charge on any atom is -0.469 e. The molecule has 0 unspecified atom stereocenters. The van der Waals surface area contributed by atoms with Gasteiger partial charge in [-0.25, -0.2) is 0 Å². The molecular formula is C31H58O7Si2. The zero-order chi connectivity index (χ0) is 30.9. The highest BCUT2D eigenvalue weighted by molar-refractivity contribution is 6.74. The highest BCUT2D eigenvalue weighted by Crippen LogP contribution is 2.47. The topological polar surface area (TPSA) is 88.1 Å². The van der Waals surface area contributed by atoms with E-state index in [1.165, 1.54) is 14.0 Å². The van der Waals surface area contributed by atoms with Gasteiger partial charge >= 0.3 is 11.9 Å². The van der Waals surface area contributed by atoms with Crippen LogP contribution in [0.1, 0.15) is 93.4 Å². The molecule has 0 aromatic carbocycles. The maximum atomic E-state index is 12.9. The lowest BCUT2D eigenvalue weighted by Crippen LogP contribution is -2.45. The third-order valence-electron chi connectivity index (χ3n) is 9.16. The van der Waals surface area contributed by atoms with Crippen molar-refractivity contribution >= 4 is 34.4 Å². The largest absolute Gasteiger partial charge is 0.469 e. The molecule has 4 atom stereocenters. The molecule has 40 heavy (non-hydrogen) atoms. The summed E-state index contributed by atoms with van der Waals surface area (Å²) >= 11 is 0. The third kappa shape index (κ3) is 11.5. The second-order valence-corrected chi connectivity index (χ2v) is 23.9. The van der Waals surface area contributed by atoms with Gasteiger partial charge in [-0.2, -0.15) is 0 Å². The van der Waals surface area contributed by atoms with Crippen LogP contribution in [0.3, 0.4) is 0 Å². The van der Waals surface area contributed by atoms with Gasteiger partial charge in [0.2, 0.25) is 0 Å². The smallest absolute Gasteiger partial charge is 0.305 e. The zero-order valence-corrected chi connectivity index (χ0v) is 29.5. The fourth-order valence-corrected chi connectivity index (χ4v) is 7.34. The van der Waals surface area contributed by atoms with E-state index in [0.29, 0.717) is 25.9 Å². The van der Waals surface area contributed by atoms with Gasteiger partial charge in [-0.3, -0.25) is 14.4 Å². The number of hydrogen-bond donors (Lipinski definition) is 0. The highest BCUT2D eigenvalue weighted by Gasteiger charge is 2.50. The summed E-state index contributed by atoms with van der Waals surface area (Å²) in [7, 11) is -2.79. The Balaban J connectivity index is 3.21. The van der Waals surface area contributed by atoms with Gasteiger partial charge < -0.3 is 18.3 Å². The molecular weight excluding hydrogens is 541 g/mol. The summed E-state index contributed by atoms with van der Waals surface area (Å²) in [5.41, 5.74) is 0. The Morgan fingerprint density at radius 1 is 0.825 bits per heavy atom. The Hall–Kier alpha value is -1.30. The van der Waals surface area contributed by atoms with Crippen molar-refractivity contribution in [2.24, 2.45) is 11.8 Å². The average molecular weight is 599 g/mol. The minimum absolute atomic E-state index is 0.0114. The van der Waals surface area contributed by atoms with Crippen molar-refractivity contribution in [1.29, 1.82) is 0 Å². The lowest BCUT2D eigenvalue weighted by molar-refractivity contribution is -0.142. The number of hydrogen-bond acceptors (Lipinski definition) is 7. The van der Waals surface area contributed by atoms with E-state index in [1.807, 2.05) is 6.08 Å². The number of esters is 2. The summed E-state index contributed by atoms with van der Waals surface area (Å²) in [5, 5.41) is 0.105. The molecule has 0 aromatic rings. The maximum absolute atomic E-state index is 12.9. The predicted molar refractivity (Wildman–Crippen MR) is 166 cm³/mol. The molecule has 0 spiro atoms. The predicted octanol–water partition coefficient (Wildman–Crippen LogP) is 7.61. The van der Waals surface area contributed by atoms with E-state index >= 15 is 0 Å². The van der Waals surface area contributed by atoms with Crippen LogP contribution in [0, 0.1) is 11.8 Å². The first-order valence-corrected chi connectivity index (χ1v) is 20.8. The molecule has 1 aliphatic rings. The number of ether oxygens (including phenoxy) is 2. The van der Waals surface area contributed by atoms with Crippen LogP contribution in [-0.2, 0) is 32.7 Å². The second kappa shape index (κ2) is 15.3. The summed E-state index contributed by atoms with van der Waals surface area (Å²) in [6, 6.07) is 0. The Morgan fingerprint density at radius 2 is 1.35 bits per heavy atom. The first-order valence-electron chi connectivity index (χ1n) is 15.0. The molecule has 0 heterocycles. The Labute approximate surface area is 246 Å². The lowest BCUT2D eigenvalue weighted by atomic mass is 9.90. The SMILES string of the molecule is COC(=O)CCCCCC(=O)/C=C/[C@@H]1[C@H](CCOC(C)=O)[C@@H](O[Si](C)(C)C(C)(C)C)C[C@H]1O[Si](C)(C)C(C)(C)C. The molecule has 0 saturated heterocycles. The van der Waals surface area contributed by atoms with Crippen LogP contribution in [0.4, 0.5) is 0 Å². The first-order chi connectivity index (χ1) is 18.2. The third-order valence-corrected chi connectivity index (χ3v) is 18.2. The number of allylic oxidation sites excluding steroid dienone is 1. The Morgan fingerprint density at radius 3 is 1.85 bits per heavy atom. The molecule has 1 fully saturated rings. The second-order valence-electron chi connectivity index (χ2n) is 14.4. The molecule has 0 N–H and O–H groups in total. The van der Waals surface area contributed by atoms with Crippen molar-refractivity contribution in [2.75, 3.05) is 13.7 Å². The van der Waals surface area contributed by atoms with E-state index in [9.17, 15) is 14.4 Å². The molecule has 9 heteroatoms. The maximum Gasteiger partial charge on any atom is 0.305 e. The van der Waals surface area contributed by atoms with E-state index in [-0.39, 0.29) is 51.8 Å². The molecule has 1 aliphatic carbocycles. The molecule has 1 rings (SSSR count). The summed E-state index contributed by atoms with van der Waals surface area (Å²) in [6.07, 6.45) is 8.19. The van der Waals surface area contributed by atoms with Gasteiger partial charge in [-0.15, -0.1) is 0 Å². The van der Waals surface area contributed by atoms with E-state index in [0.717, 1.165) is 25.7 Å². The van der Waals surface area contributed by atoms with Gasteiger partial charge in [0.25, 0.3) is 0 Å². The van der Waals surface area contributed by atoms with Crippen LogP contribution in [0.25, 0.3) is 0 Å². The van der Waals surface area contributed by atoms with Crippen LogP contribution in [0.2, 0.25) is 36.3 Å². The van der Waals surface area contributed by atoms with Gasteiger partial charge in [0, 0.05) is 25.7 Å². The van der Waals surface area contributed by atoms with E-state index in [2.05, 4.69) is 72.5 Å². The van der Waals surface area contributed by atoms with Crippen LogP contribution < -0.4 is 0 Å². The van der Waals surface area contributed by atoms with Crippen molar-refractivity contribution in [3.8, 4) is 0 Å². The fraction of sp³-hybridized carbons (Fsp3) is 0.839. The van der Waals surface area contributed by atoms with Crippen molar-refractivity contribution in [3.63, 3.8) is 0 Å². The standard InChI is InChI=1S/C31H58O7Si2/c1-23(32)36-21-20-26-25(19-18-24(33)16-14-13-15-17-29(34)35-8)27(37-39(9,10)30(2,3)4)22-28(26)38-40(11,12)31(5,6)7/h18-19,25-28H,13-17,20-22H2,1-12H3/b19-18+/t25-,26+,27-,28+/m1/s1. The Bertz CT molecular complexity index is 868.